The molecule has 0 aromatic carbocycles. The van der Waals surface area contributed by atoms with Gasteiger partial charge in [-0.1, -0.05) is 19.8 Å². The summed E-state index contributed by atoms with van der Waals surface area (Å²) >= 11 is 0. The lowest BCUT2D eigenvalue weighted by Crippen LogP contribution is -2.58. The first-order valence-corrected chi connectivity index (χ1v) is 10.6. The van der Waals surface area contributed by atoms with Crippen LogP contribution >= 0.6 is 12.4 Å². The van der Waals surface area contributed by atoms with E-state index < -0.39 is 15.6 Å². The third-order valence-corrected chi connectivity index (χ3v) is 7.28. The number of sulfonamides is 1. The Hall–Kier alpha value is -1.09. The van der Waals surface area contributed by atoms with E-state index in [4.69, 9.17) is 5.73 Å². The highest BCUT2D eigenvalue weighted by atomic mass is 35.5. The number of nitrogens with one attached hydrogen (secondary N) is 2. The number of H-pyrrole nitrogens is 1. The maximum absolute atomic E-state index is 12.9. The van der Waals surface area contributed by atoms with Crippen molar-refractivity contribution in [2.45, 2.75) is 55.9 Å². The Bertz CT molecular complexity index is 730. The molecule has 148 valence electrons. The number of aromatic amines is 1. The number of carbonyl (C=O) groups is 1. The molecule has 2 heterocycles. The van der Waals surface area contributed by atoms with Crippen molar-refractivity contribution >= 4 is 28.3 Å². The van der Waals surface area contributed by atoms with Gasteiger partial charge in [0, 0.05) is 31.4 Å². The van der Waals surface area contributed by atoms with E-state index in [1.807, 2.05) is 6.92 Å². The summed E-state index contributed by atoms with van der Waals surface area (Å²) < 4.78 is 28.6. The molecule has 1 saturated heterocycles. The van der Waals surface area contributed by atoms with E-state index in [2.05, 4.69) is 9.71 Å². The van der Waals surface area contributed by atoms with Gasteiger partial charge in [0.05, 0.1) is 0 Å². The summed E-state index contributed by atoms with van der Waals surface area (Å²) in [6.45, 7) is 3.78. The summed E-state index contributed by atoms with van der Waals surface area (Å²) in [6.07, 6.45) is 7.16. The Morgan fingerprint density at radius 2 is 2.04 bits per heavy atom. The van der Waals surface area contributed by atoms with Crippen LogP contribution in [0.15, 0.2) is 17.2 Å². The van der Waals surface area contributed by atoms with Gasteiger partial charge in [-0.25, -0.2) is 13.1 Å². The van der Waals surface area contributed by atoms with Crippen molar-refractivity contribution in [3.63, 3.8) is 0 Å². The molecule has 0 radical (unpaired) electrons. The number of amides is 1. The van der Waals surface area contributed by atoms with Crippen molar-refractivity contribution in [1.82, 2.24) is 14.6 Å². The minimum absolute atomic E-state index is 0. The van der Waals surface area contributed by atoms with Crippen LogP contribution in [0.3, 0.4) is 0 Å². The highest BCUT2D eigenvalue weighted by Crippen LogP contribution is 2.34. The predicted octanol–water partition coefficient (Wildman–Crippen LogP) is 1.86. The third kappa shape index (κ3) is 4.08. The summed E-state index contributed by atoms with van der Waals surface area (Å²) in [6, 6.07) is 1.43. The molecule has 2 fully saturated rings. The maximum Gasteiger partial charge on any atom is 0.270 e. The normalized spacial score (nSPS) is 26.5. The highest BCUT2D eigenvalue weighted by molar-refractivity contribution is 7.89. The van der Waals surface area contributed by atoms with Crippen LogP contribution < -0.4 is 10.5 Å². The van der Waals surface area contributed by atoms with Crippen LogP contribution in [0.4, 0.5) is 0 Å². The van der Waals surface area contributed by atoms with Crippen LogP contribution in [0.5, 0.6) is 0 Å². The Morgan fingerprint density at radius 3 is 2.65 bits per heavy atom. The van der Waals surface area contributed by atoms with E-state index in [1.54, 1.807) is 4.90 Å². The number of hydrogen-bond acceptors (Lipinski definition) is 4. The van der Waals surface area contributed by atoms with Gasteiger partial charge in [-0.3, -0.25) is 4.79 Å². The van der Waals surface area contributed by atoms with Crippen molar-refractivity contribution in [1.29, 1.82) is 0 Å². The second-order valence-corrected chi connectivity index (χ2v) is 9.04. The van der Waals surface area contributed by atoms with Gasteiger partial charge in [0.1, 0.15) is 10.6 Å². The van der Waals surface area contributed by atoms with Gasteiger partial charge < -0.3 is 15.6 Å². The van der Waals surface area contributed by atoms with E-state index >= 15 is 0 Å². The first kappa shape index (κ1) is 21.2. The number of likely N-dealkylation sites (tertiary alicyclic amines) is 1. The summed E-state index contributed by atoms with van der Waals surface area (Å²) in [5.41, 5.74) is 5.67. The standard InChI is InChI=1S/C17H28N4O3S.ClH/c1-13-6-2-3-7-17(13,12-18)20-25(23,24)14-10-15(19-11-14)16(22)21-8-4-5-9-21;/h10-11,13,19-20H,2-9,12,18H2,1H3;1H. The molecule has 1 amide bonds. The number of aromatic nitrogens is 1. The van der Waals surface area contributed by atoms with Crippen LogP contribution in [-0.2, 0) is 10.0 Å². The smallest absolute Gasteiger partial charge is 0.270 e. The van der Waals surface area contributed by atoms with Crippen molar-refractivity contribution in [2.75, 3.05) is 19.6 Å². The van der Waals surface area contributed by atoms with Gasteiger partial charge in [0.2, 0.25) is 10.0 Å². The second kappa shape index (κ2) is 8.29. The number of nitrogens with two attached hydrogens (primary N) is 1. The molecule has 1 aliphatic carbocycles. The quantitative estimate of drug-likeness (QED) is 0.695. The van der Waals surface area contributed by atoms with Gasteiger partial charge >= 0.3 is 0 Å². The first-order valence-electron chi connectivity index (χ1n) is 9.10. The van der Waals surface area contributed by atoms with Gasteiger partial charge in [-0.15, -0.1) is 12.4 Å². The van der Waals surface area contributed by atoms with E-state index in [1.165, 1.54) is 12.3 Å². The fourth-order valence-corrected chi connectivity index (χ4v) is 5.51. The molecule has 2 atom stereocenters. The predicted molar refractivity (Wildman–Crippen MR) is 103 cm³/mol. The third-order valence-electron chi connectivity index (χ3n) is 5.75. The molecule has 0 bridgehead atoms. The fraction of sp³-hybridized carbons (Fsp3) is 0.706. The van der Waals surface area contributed by atoms with Crippen LogP contribution in [0.2, 0.25) is 0 Å². The molecule has 0 spiro atoms. The molecule has 1 saturated carbocycles. The molecule has 3 rings (SSSR count). The van der Waals surface area contributed by atoms with Crippen molar-refractivity contribution in [3.8, 4) is 0 Å². The summed E-state index contributed by atoms with van der Waals surface area (Å²) in [4.78, 5) is 17.1. The molecule has 1 aromatic rings. The van der Waals surface area contributed by atoms with Crippen molar-refractivity contribution in [2.24, 2.45) is 11.7 Å². The molecule has 7 nitrogen and oxygen atoms in total. The topological polar surface area (TPSA) is 108 Å². The van der Waals surface area contributed by atoms with E-state index in [0.717, 1.165) is 51.6 Å². The summed E-state index contributed by atoms with van der Waals surface area (Å²) in [7, 11) is -3.73. The van der Waals surface area contributed by atoms with Gasteiger partial charge in [0.25, 0.3) is 5.91 Å². The average molecular weight is 405 g/mol. The molecule has 2 unspecified atom stereocenters. The molecule has 4 N–H and O–H groups in total. The van der Waals surface area contributed by atoms with E-state index in [9.17, 15) is 13.2 Å². The monoisotopic (exact) mass is 404 g/mol. The molecule has 9 heteroatoms. The molecular formula is C17H29ClN4O3S. The zero-order chi connectivity index (χ0) is 18.1. The fourth-order valence-electron chi connectivity index (χ4n) is 3.98. The molecule has 2 aliphatic rings. The first-order chi connectivity index (χ1) is 11.9. The maximum atomic E-state index is 12.9. The molecular weight excluding hydrogens is 376 g/mol. The van der Waals surface area contributed by atoms with Gasteiger partial charge in [0.15, 0.2) is 0 Å². The van der Waals surface area contributed by atoms with E-state index in [-0.39, 0.29) is 35.7 Å². The largest absolute Gasteiger partial charge is 0.356 e. The van der Waals surface area contributed by atoms with Crippen LogP contribution in [0.25, 0.3) is 0 Å². The second-order valence-electron chi connectivity index (χ2n) is 7.36. The van der Waals surface area contributed by atoms with Gasteiger partial charge in [-0.05, 0) is 37.7 Å². The Labute approximate surface area is 161 Å². The lowest BCUT2D eigenvalue weighted by molar-refractivity contribution is 0.0787. The molecule has 1 aromatic heterocycles. The Kier molecular flexibility index (Phi) is 6.76. The molecule has 26 heavy (non-hydrogen) atoms. The lowest BCUT2D eigenvalue weighted by Gasteiger charge is -2.42. The number of rotatable bonds is 5. The van der Waals surface area contributed by atoms with Crippen LogP contribution in [-0.4, -0.2) is 49.4 Å². The van der Waals surface area contributed by atoms with Gasteiger partial charge in [-0.2, -0.15) is 0 Å². The van der Waals surface area contributed by atoms with Crippen molar-refractivity contribution < 1.29 is 13.2 Å². The van der Waals surface area contributed by atoms with Crippen LogP contribution in [0, 0.1) is 5.92 Å². The number of carbonyl (C=O) groups excluding carboxylic acids is 1. The SMILES string of the molecule is CC1CCCCC1(CN)NS(=O)(=O)c1c[nH]c(C(=O)N2CCCC2)c1.Cl. The van der Waals surface area contributed by atoms with Crippen LogP contribution in [0.1, 0.15) is 55.9 Å². The molecule has 1 aliphatic heterocycles. The lowest BCUT2D eigenvalue weighted by atomic mass is 9.74. The van der Waals surface area contributed by atoms with E-state index in [0.29, 0.717) is 5.69 Å². The number of halogens is 1. The average Bonchev–Trinajstić information content (AvgIpc) is 3.28. The number of hydrogen-bond donors (Lipinski definition) is 3. The Morgan fingerprint density at radius 1 is 1.35 bits per heavy atom. The number of nitrogens with zero attached hydrogens (tertiary/aromatic N) is 1. The zero-order valence-electron chi connectivity index (χ0n) is 15.2. The summed E-state index contributed by atoms with van der Waals surface area (Å²) in [5, 5.41) is 0. The Balaban J connectivity index is 0.00000243. The summed E-state index contributed by atoms with van der Waals surface area (Å²) in [5.74, 6) is 0.0455. The minimum atomic E-state index is -3.73. The zero-order valence-corrected chi connectivity index (χ0v) is 16.8. The minimum Gasteiger partial charge on any atom is -0.356 e. The van der Waals surface area contributed by atoms with Crippen molar-refractivity contribution in [3.05, 3.63) is 18.0 Å². The highest BCUT2D eigenvalue weighted by Gasteiger charge is 2.41.